The molecule has 0 saturated heterocycles. The molecule has 29 heavy (non-hydrogen) atoms. The van der Waals surface area contributed by atoms with Gasteiger partial charge in [-0.15, -0.1) is 21.5 Å². The summed E-state index contributed by atoms with van der Waals surface area (Å²) in [6.07, 6.45) is 0.935. The molecule has 0 unspecified atom stereocenters. The molecule has 9 heteroatoms. The zero-order valence-electron chi connectivity index (χ0n) is 16.3. The number of anilines is 1. The normalized spacial score (nSPS) is 10.7. The summed E-state index contributed by atoms with van der Waals surface area (Å²) in [6.45, 7) is 4.43. The van der Waals surface area contributed by atoms with Crippen LogP contribution >= 0.6 is 23.1 Å². The summed E-state index contributed by atoms with van der Waals surface area (Å²) in [5, 5.41) is 13.7. The van der Waals surface area contributed by atoms with Crippen LogP contribution in [0.2, 0.25) is 0 Å². The molecule has 2 aromatic heterocycles. The van der Waals surface area contributed by atoms with Crippen LogP contribution < -0.4 is 5.32 Å². The SMILES string of the molecule is CCc1ccc(NC(=O)COC(=O)CSc2nnc(-c3cccs3)n2CC)cc1. The van der Waals surface area contributed by atoms with E-state index in [1.165, 1.54) is 17.3 Å². The van der Waals surface area contributed by atoms with Gasteiger partial charge in [0.15, 0.2) is 17.6 Å². The second kappa shape index (κ2) is 10.2. The van der Waals surface area contributed by atoms with Gasteiger partial charge in [0.25, 0.3) is 5.91 Å². The van der Waals surface area contributed by atoms with E-state index in [-0.39, 0.29) is 18.3 Å². The predicted octanol–water partition coefficient (Wildman–Crippen LogP) is 3.86. The van der Waals surface area contributed by atoms with Crippen molar-refractivity contribution in [3.63, 3.8) is 0 Å². The Morgan fingerprint density at radius 3 is 2.62 bits per heavy atom. The minimum absolute atomic E-state index is 0.0566. The minimum Gasteiger partial charge on any atom is -0.455 e. The quantitative estimate of drug-likeness (QED) is 0.410. The van der Waals surface area contributed by atoms with E-state index in [0.717, 1.165) is 17.1 Å². The summed E-state index contributed by atoms with van der Waals surface area (Å²) in [5.41, 5.74) is 1.86. The Kier molecular flexibility index (Phi) is 7.42. The van der Waals surface area contributed by atoms with E-state index < -0.39 is 5.97 Å². The molecule has 152 valence electrons. The standard InChI is InChI=1S/C20H22N4O3S2/c1-3-14-7-9-15(10-8-14)21-17(25)12-27-18(26)13-29-20-23-22-19(24(20)4-2)16-6-5-11-28-16/h5-11H,3-4,12-13H2,1-2H3,(H,21,25). The first-order valence-corrected chi connectivity index (χ1v) is 11.1. The van der Waals surface area contributed by atoms with Crippen LogP contribution in [0, 0.1) is 0 Å². The van der Waals surface area contributed by atoms with E-state index in [4.69, 9.17) is 4.74 Å². The molecule has 1 amide bonds. The fraction of sp³-hybridized carbons (Fsp3) is 0.300. The lowest BCUT2D eigenvalue weighted by Crippen LogP contribution is -2.21. The van der Waals surface area contributed by atoms with Crippen molar-refractivity contribution in [3.05, 3.63) is 47.3 Å². The molecule has 0 aliphatic carbocycles. The molecular formula is C20H22N4O3S2. The van der Waals surface area contributed by atoms with Crippen molar-refractivity contribution in [1.82, 2.24) is 14.8 Å². The van der Waals surface area contributed by atoms with Crippen LogP contribution in [0.25, 0.3) is 10.7 Å². The van der Waals surface area contributed by atoms with Gasteiger partial charge in [0.1, 0.15) is 0 Å². The molecule has 0 aliphatic rings. The number of aryl methyl sites for hydroxylation is 1. The van der Waals surface area contributed by atoms with E-state index in [9.17, 15) is 9.59 Å². The van der Waals surface area contributed by atoms with E-state index in [2.05, 4.69) is 22.4 Å². The number of rotatable bonds is 9. The fourth-order valence-electron chi connectivity index (χ4n) is 2.60. The van der Waals surface area contributed by atoms with Crippen molar-refractivity contribution >= 4 is 40.7 Å². The smallest absolute Gasteiger partial charge is 0.316 e. The third-order valence-electron chi connectivity index (χ3n) is 4.10. The van der Waals surface area contributed by atoms with Crippen molar-refractivity contribution in [3.8, 4) is 10.7 Å². The molecule has 0 fully saturated rings. The Bertz CT molecular complexity index is 953. The number of carbonyl (C=O) groups is 2. The number of hydrogen-bond acceptors (Lipinski definition) is 7. The molecule has 0 radical (unpaired) electrons. The van der Waals surface area contributed by atoms with E-state index >= 15 is 0 Å². The Balaban J connectivity index is 1.47. The number of esters is 1. The highest BCUT2D eigenvalue weighted by Gasteiger charge is 2.16. The van der Waals surface area contributed by atoms with Gasteiger partial charge in [-0.05, 0) is 42.5 Å². The highest BCUT2D eigenvalue weighted by Crippen LogP contribution is 2.27. The number of thiophene rings is 1. The first kappa shape index (κ1) is 21.1. The zero-order valence-corrected chi connectivity index (χ0v) is 17.9. The number of carbonyl (C=O) groups excluding carboxylic acids is 2. The second-order valence-electron chi connectivity index (χ2n) is 6.08. The molecule has 2 heterocycles. The van der Waals surface area contributed by atoms with Gasteiger partial charge in [0.05, 0.1) is 10.6 Å². The number of hydrogen-bond donors (Lipinski definition) is 1. The summed E-state index contributed by atoms with van der Waals surface area (Å²) < 4.78 is 7.02. The number of nitrogens with one attached hydrogen (secondary N) is 1. The number of aromatic nitrogens is 3. The van der Waals surface area contributed by atoms with Crippen molar-refractivity contribution in [2.45, 2.75) is 32.0 Å². The van der Waals surface area contributed by atoms with Crippen LogP contribution in [0.15, 0.2) is 46.9 Å². The third-order valence-corrected chi connectivity index (χ3v) is 5.91. The lowest BCUT2D eigenvalue weighted by molar-refractivity contribution is -0.144. The van der Waals surface area contributed by atoms with Gasteiger partial charge in [-0.25, -0.2) is 0 Å². The van der Waals surface area contributed by atoms with Crippen LogP contribution in [0.5, 0.6) is 0 Å². The number of thioether (sulfide) groups is 1. The summed E-state index contributed by atoms with van der Waals surface area (Å²) in [5.74, 6) is -0.00734. The van der Waals surface area contributed by atoms with Crippen molar-refractivity contribution in [2.24, 2.45) is 0 Å². The highest BCUT2D eigenvalue weighted by atomic mass is 32.2. The minimum atomic E-state index is -0.477. The van der Waals surface area contributed by atoms with Crippen LogP contribution in [0.3, 0.4) is 0 Å². The molecular weight excluding hydrogens is 408 g/mol. The van der Waals surface area contributed by atoms with Crippen molar-refractivity contribution < 1.29 is 14.3 Å². The molecule has 0 aliphatic heterocycles. The predicted molar refractivity (Wildman–Crippen MR) is 115 cm³/mol. The van der Waals surface area contributed by atoms with Crippen molar-refractivity contribution in [1.29, 1.82) is 0 Å². The van der Waals surface area contributed by atoms with Gasteiger partial charge in [0.2, 0.25) is 0 Å². The van der Waals surface area contributed by atoms with Gasteiger partial charge >= 0.3 is 5.97 Å². The third kappa shape index (κ3) is 5.68. The lowest BCUT2D eigenvalue weighted by atomic mass is 10.1. The fourth-order valence-corrected chi connectivity index (χ4v) is 4.12. The largest absolute Gasteiger partial charge is 0.455 e. The topological polar surface area (TPSA) is 86.1 Å². The van der Waals surface area contributed by atoms with Gasteiger partial charge < -0.3 is 14.6 Å². The van der Waals surface area contributed by atoms with E-state index in [1.54, 1.807) is 11.3 Å². The lowest BCUT2D eigenvalue weighted by Gasteiger charge is -2.08. The number of ether oxygens (including phenoxy) is 1. The van der Waals surface area contributed by atoms with E-state index in [1.807, 2.05) is 53.3 Å². The summed E-state index contributed by atoms with van der Waals surface area (Å²) >= 11 is 2.83. The van der Waals surface area contributed by atoms with Crippen molar-refractivity contribution in [2.75, 3.05) is 17.7 Å². The number of nitrogens with zero attached hydrogens (tertiary/aromatic N) is 3. The number of benzene rings is 1. The maximum Gasteiger partial charge on any atom is 0.316 e. The molecule has 0 spiro atoms. The zero-order chi connectivity index (χ0) is 20.6. The monoisotopic (exact) mass is 430 g/mol. The summed E-state index contributed by atoms with van der Waals surface area (Å²) in [7, 11) is 0. The molecule has 7 nitrogen and oxygen atoms in total. The molecule has 1 aromatic carbocycles. The molecule has 3 aromatic rings. The number of amides is 1. The average molecular weight is 431 g/mol. The highest BCUT2D eigenvalue weighted by molar-refractivity contribution is 7.99. The Morgan fingerprint density at radius 1 is 1.17 bits per heavy atom. The molecule has 1 N–H and O–H groups in total. The van der Waals surface area contributed by atoms with Gasteiger partial charge in [-0.3, -0.25) is 9.59 Å². The van der Waals surface area contributed by atoms with Gasteiger partial charge in [0, 0.05) is 12.2 Å². The van der Waals surface area contributed by atoms with Crippen LogP contribution in [0.4, 0.5) is 5.69 Å². The Morgan fingerprint density at radius 2 is 1.97 bits per heavy atom. The van der Waals surface area contributed by atoms with Crippen LogP contribution in [-0.4, -0.2) is 39.0 Å². The van der Waals surface area contributed by atoms with Gasteiger partial charge in [-0.1, -0.05) is 36.9 Å². The molecule has 3 rings (SSSR count). The maximum atomic E-state index is 12.0. The van der Waals surface area contributed by atoms with Gasteiger partial charge in [-0.2, -0.15) is 0 Å². The Hall–Kier alpha value is -2.65. The first-order valence-electron chi connectivity index (χ1n) is 9.25. The van der Waals surface area contributed by atoms with E-state index in [0.29, 0.717) is 17.4 Å². The Labute approximate surface area is 177 Å². The molecule has 0 saturated carbocycles. The summed E-state index contributed by atoms with van der Waals surface area (Å²) in [6, 6.07) is 11.5. The summed E-state index contributed by atoms with van der Waals surface area (Å²) in [4.78, 5) is 25.0. The van der Waals surface area contributed by atoms with Crippen LogP contribution in [-0.2, 0) is 27.3 Å². The van der Waals surface area contributed by atoms with Crippen LogP contribution in [0.1, 0.15) is 19.4 Å². The average Bonchev–Trinajstić information content (AvgIpc) is 3.40. The second-order valence-corrected chi connectivity index (χ2v) is 7.97. The molecule has 0 bridgehead atoms. The molecule has 0 atom stereocenters. The first-order chi connectivity index (χ1) is 14.1. The maximum absolute atomic E-state index is 12.0.